The van der Waals surface area contributed by atoms with Crippen molar-refractivity contribution in [2.45, 2.75) is 12.2 Å². The first-order valence-electron chi connectivity index (χ1n) is 6.73. The fourth-order valence-corrected chi connectivity index (χ4v) is 3.04. The van der Waals surface area contributed by atoms with Gasteiger partial charge in [-0.2, -0.15) is 14.4 Å². The highest BCUT2D eigenvalue weighted by Gasteiger charge is 2.56. The number of aromatic nitrogens is 3. The van der Waals surface area contributed by atoms with Gasteiger partial charge in [-0.05, 0) is 0 Å². The molecule has 1 aliphatic heterocycles. The molecule has 2 fully saturated rings. The van der Waals surface area contributed by atoms with Crippen LogP contribution >= 0.6 is 11.6 Å². The number of alkyl halides is 1. The summed E-state index contributed by atoms with van der Waals surface area (Å²) in [5, 5.41) is -0.202. The van der Waals surface area contributed by atoms with Gasteiger partial charge in [-0.1, -0.05) is 11.6 Å². The molecule has 2 aromatic rings. The van der Waals surface area contributed by atoms with Crippen molar-refractivity contribution in [1.29, 1.82) is 0 Å². The van der Waals surface area contributed by atoms with Gasteiger partial charge in [0.15, 0.2) is 11.0 Å². The molecule has 3 atom stereocenters. The highest BCUT2D eigenvalue weighted by molar-refractivity contribution is 6.30. The number of hydrogen-bond donors (Lipinski definition) is 0. The van der Waals surface area contributed by atoms with E-state index in [1.165, 1.54) is 6.20 Å². The molecule has 4 rings (SSSR count). The minimum Gasteiger partial charge on any atom is -0.379 e. The van der Waals surface area contributed by atoms with Crippen LogP contribution in [-0.2, 0) is 4.74 Å². The third kappa shape index (κ3) is 2.01. The minimum atomic E-state index is -1.10. The van der Waals surface area contributed by atoms with Gasteiger partial charge in [-0.25, -0.2) is 13.8 Å². The van der Waals surface area contributed by atoms with Crippen molar-refractivity contribution in [3.63, 3.8) is 0 Å². The monoisotopic (exact) mass is 330 g/mol. The van der Waals surface area contributed by atoms with E-state index in [1.807, 2.05) is 0 Å². The number of hydrogen-bond acceptors (Lipinski definition) is 5. The average Bonchev–Trinajstić information content (AvgIpc) is 3.18. The molecule has 5 nitrogen and oxygen atoms in total. The van der Waals surface area contributed by atoms with Gasteiger partial charge in [0.25, 0.3) is 0 Å². The SMILES string of the molecule is Fc1nc(N2CCOC[C@@H]3[C@@H](F)[C@@H]32)c2cnc(Cl)c(F)c2n1. The van der Waals surface area contributed by atoms with Crippen LogP contribution in [0.25, 0.3) is 10.9 Å². The van der Waals surface area contributed by atoms with E-state index in [0.717, 1.165) is 0 Å². The van der Waals surface area contributed by atoms with Crippen LogP contribution in [0.2, 0.25) is 5.15 Å². The third-order valence-corrected chi connectivity index (χ3v) is 4.31. The Kier molecular flexibility index (Phi) is 3.12. The maximum Gasteiger partial charge on any atom is 0.311 e. The Bertz CT molecular complexity index is 762. The zero-order valence-electron chi connectivity index (χ0n) is 11.1. The molecule has 0 unspecified atom stereocenters. The summed E-state index contributed by atoms with van der Waals surface area (Å²) in [6.45, 7) is 1.000. The lowest BCUT2D eigenvalue weighted by Crippen LogP contribution is -2.31. The molecule has 3 heterocycles. The Balaban J connectivity index is 1.89. The second-order valence-corrected chi connectivity index (χ2v) is 5.67. The lowest BCUT2D eigenvalue weighted by atomic mass is 10.2. The van der Waals surface area contributed by atoms with E-state index in [-0.39, 0.29) is 22.6 Å². The van der Waals surface area contributed by atoms with Gasteiger partial charge < -0.3 is 9.64 Å². The molecule has 2 aromatic heterocycles. The summed E-state index contributed by atoms with van der Waals surface area (Å²) in [6.07, 6.45) is -0.897. The number of halogens is 4. The van der Waals surface area contributed by atoms with E-state index in [1.54, 1.807) is 4.90 Å². The predicted molar refractivity (Wildman–Crippen MR) is 72.6 cm³/mol. The molecule has 0 N–H and O–H groups in total. The normalized spacial score (nSPS) is 27.6. The van der Waals surface area contributed by atoms with Crippen molar-refractivity contribution in [2.75, 3.05) is 24.7 Å². The largest absolute Gasteiger partial charge is 0.379 e. The number of anilines is 1. The summed E-state index contributed by atoms with van der Waals surface area (Å²) in [4.78, 5) is 12.5. The number of rotatable bonds is 1. The van der Waals surface area contributed by atoms with Gasteiger partial charge in [-0.15, -0.1) is 0 Å². The number of nitrogens with zero attached hydrogens (tertiary/aromatic N) is 4. The molecule has 22 heavy (non-hydrogen) atoms. The Hall–Kier alpha value is -1.67. The Morgan fingerprint density at radius 1 is 1.32 bits per heavy atom. The van der Waals surface area contributed by atoms with Crippen LogP contribution < -0.4 is 4.90 Å². The predicted octanol–water partition coefficient (Wildman–Crippen LogP) is 2.13. The van der Waals surface area contributed by atoms with Gasteiger partial charge in [0.05, 0.1) is 24.6 Å². The maximum absolute atomic E-state index is 14.0. The Morgan fingerprint density at radius 3 is 2.95 bits per heavy atom. The molecule has 0 bridgehead atoms. The number of fused-ring (bicyclic) bond motifs is 2. The van der Waals surface area contributed by atoms with Crippen LogP contribution in [-0.4, -0.2) is 46.9 Å². The molecule has 0 spiro atoms. The maximum atomic E-state index is 14.0. The van der Waals surface area contributed by atoms with E-state index >= 15 is 0 Å². The molecule has 0 aromatic carbocycles. The summed E-state index contributed by atoms with van der Waals surface area (Å²) in [5.74, 6) is -1.08. The molecule has 9 heteroatoms. The minimum absolute atomic E-state index is 0.117. The highest BCUT2D eigenvalue weighted by Crippen LogP contribution is 2.44. The van der Waals surface area contributed by atoms with Crippen LogP contribution in [0.4, 0.5) is 19.0 Å². The molecule has 116 valence electrons. The standard InChI is InChI=1S/C13H10ClF3N4O/c14-11-8(16)9-5(3-18-11)12(20-13(17)19-9)21-1-2-22-4-6-7(15)10(6)21/h3,6-7,10H,1-2,4H2/t6-,7-,10-/m1/s1. The van der Waals surface area contributed by atoms with Gasteiger partial charge >= 0.3 is 6.08 Å². The lowest BCUT2D eigenvalue weighted by Gasteiger charge is -2.23. The van der Waals surface area contributed by atoms with Crippen LogP contribution in [0.15, 0.2) is 6.20 Å². The second kappa shape index (κ2) is 4.92. The number of ether oxygens (including phenoxy) is 1. The molecule has 2 aliphatic rings. The molecule has 1 aliphatic carbocycles. The number of pyridine rings is 1. The smallest absolute Gasteiger partial charge is 0.311 e. The fourth-order valence-electron chi connectivity index (χ4n) is 2.90. The Labute approximate surface area is 128 Å². The average molecular weight is 331 g/mol. The highest BCUT2D eigenvalue weighted by atomic mass is 35.5. The van der Waals surface area contributed by atoms with Crippen molar-refractivity contribution >= 4 is 28.3 Å². The van der Waals surface area contributed by atoms with Crippen molar-refractivity contribution < 1.29 is 17.9 Å². The van der Waals surface area contributed by atoms with Crippen molar-refractivity contribution in [1.82, 2.24) is 15.0 Å². The van der Waals surface area contributed by atoms with E-state index in [9.17, 15) is 13.2 Å². The van der Waals surface area contributed by atoms with E-state index in [2.05, 4.69) is 15.0 Å². The van der Waals surface area contributed by atoms with Gasteiger partial charge in [0.2, 0.25) is 0 Å². The van der Waals surface area contributed by atoms with Crippen LogP contribution in [0.5, 0.6) is 0 Å². The van der Waals surface area contributed by atoms with E-state index in [4.69, 9.17) is 16.3 Å². The van der Waals surface area contributed by atoms with Crippen molar-refractivity contribution in [2.24, 2.45) is 5.92 Å². The molecule has 1 saturated carbocycles. The summed E-state index contributed by atoms with van der Waals surface area (Å²) in [5.41, 5.74) is -0.264. The van der Waals surface area contributed by atoms with Gasteiger partial charge in [-0.3, -0.25) is 0 Å². The Morgan fingerprint density at radius 2 is 2.14 bits per heavy atom. The topological polar surface area (TPSA) is 51.1 Å². The molecular weight excluding hydrogens is 321 g/mol. The quantitative estimate of drug-likeness (QED) is 0.592. The summed E-state index contributed by atoms with van der Waals surface area (Å²) in [7, 11) is 0. The van der Waals surface area contributed by atoms with Gasteiger partial charge in [0.1, 0.15) is 17.5 Å². The summed E-state index contributed by atoms with van der Waals surface area (Å²) in [6, 6.07) is -0.446. The first kappa shape index (κ1) is 14.0. The zero-order valence-corrected chi connectivity index (χ0v) is 11.9. The zero-order chi connectivity index (χ0) is 15.4. The first-order valence-corrected chi connectivity index (χ1v) is 7.11. The van der Waals surface area contributed by atoms with Crippen molar-refractivity contribution in [3.8, 4) is 0 Å². The van der Waals surface area contributed by atoms with Crippen LogP contribution in [0.3, 0.4) is 0 Å². The molecule has 1 saturated heterocycles. The summed E-state index contributed by atoms with van der Waals surface area (Å²) >= 11 is 5.60. The van der Waals surface area contributed by atoms with Gasteiger partial charge in [0, 0.05) is 18.7 Å². The first-order chi connectivity index (χ1) is 10.6. The third-order valence-electron chi connectivity index (χ3n) is 4.05. The van der Waals surface area contributed by atoms with E-state index < -0.39 is 29.3 Å². The van der Waals surface area contributed by atoms with Crippen molar-refractivity contribution in [3.05, 3.63) is 23.2 Å². The van der Waals surface area contributed by atoms with E-state index in [0.29, 0.717) is 19.8 Å². The molecular formula is C13H10ClF3N4O. The summed E-state index contributed by atoms with van der Waals surface area (Å²) < 4.78 is 46.9. The van der Waals surface area contributed by atoms with Crippen LogP contribution in [0.1, 0.15) is 0 Å². The molecule has 0 amide bonds. The van der Waals surface area contributed by atoms with Crippen LogP contribution in [0, 0.1) is 17.8 Å². The molecule has 0 radical (unpaired) electrons. The second-order valence-electron chi connectivity index (χ2n) is 5.31. The lowest BCUT2D eigenvalue weighted by molar-refractivity contribution is 0.130. The fraction of sp³-hybridized carbons (Fsp3) is 0.462.